The van der Waals surface area contributed by atoms with Crippen LogP contribution in [0, 0.1) is 0 Å². The van der Waals surface area contributed by atoms with Crippen molar-refractivity contribution in [3.8, 4) is 11.5 Å². The molecular weight excluding hydrogens is 400 g/mol. The van der Waals surface area contributed by atoms with E-state index in [0.717, 1.165) is 54.2 Å². The topological polar surface area (TPSA) is 80.5 Å². The summed E-state index contributed by atoms with van der Waals surface area (Å²) >= 11 is 0. The summed E-state index contributed by atoms with van der Waals surface area (Å²) in [6, 6.07) is 19.2. The molecular formula is C26H30N4O2. The molecule has 3 N–H and O–H groups in total. The van der Waals surface area contributed by atoms with Crippen LogP contribution in [0.5, 0.6) is 11.5 Å². The summed E-state index contributed by atoms with van der Waals surface area (Å²) in [5, 5.41) is 3.15. The van der Waals surface area contributed by atoms with Gasteiger partial charge in [-0.25, -0.2) is 0 Å². The number of nitrogens with two attached hydrogens (primary N) is 1. The number of carbonyl (C=O) groups excluding carboxylic acids is 1. The number of carbonyl (C=O) groups is 1. The standard InChI is InChI=1S/C19H19N3O.C7H11NO/c1-21-18-11-12-22-13-17(18)19(20)14-7-9-16(10-8-14)23-15-5-3-2-4-6-15;1-2-7(9)8-5-3-4-6-8/h2-13,19H,20H2,1H3,(H,21,22);2H,1,3-6H2. The number of para-hydroxylation sites is 1. The van der Waals surface area contributed by atoms with Gasteiger partial charge >= 0.3 is 0 Å². The zero-order chi connectivity index (χ0) is 22.8. The molecule has 6 nitrogen and oxygen atoms in total. The number of nitrogens with zero attached hydrogens (tertiary/aromatic N) is 2. The fourth-order valence-corrected chi connectivity index (χ4v) is 3.50. The van der Waals surface area contributed by atoms with Gasteiger partial charge in [-0.15, -0.1) is 0 Å². The maximum absolute atomic E-state index is 10.8. The van der Waals surface area contributed by atoms with Crippen LogP contribution in [0.1, 0.15) is 30.0 Å². The number of hydrogen-bond donors (Lipinski definition) is 2. The van der Waals surface area contributed by atoms with Crippen LogP contribution < -0.4 is 15.8 Å². The molecule has 1 amide bonds. The Morgan fingerprint density at radius 3 is 2.38 bits per heavy atom. The van der Waals surface area contributed by atoms with Gasteiger partial charge in [0.15, 0.2) is 0 Å². The lowest BCUT2D eigenvalue weighted by Crippen LogP contribution is -2.25. The molecule has 1 aromatic heterocycles. The first kappa shape index (κ1) is 23.0. The van der Waals surface area contributed by atoms with E-state index in [1.54, 1.807) is 12.4 Å². The maximum Gasteiger partial charge on any atom is 0.245 e. The molecule has 0 bridgehead atoms. The van der Waals surface area contributed by atoms with Gasteiger partial charge in [0.25, 0.3) is 0 Å². The van der Waals surface area contributed by atoms with Crippen LogP contribution in [0.15, 0.2) is 85.7 Å². The number of amides is 1. The van der Waals surface area contributed by atoms with E-state index < -0.39 is 0 Å². The lowest BCUT2D eigenvalue weighted by atomic mass is 9.99. The Morgan fingerprint density at radius 1 is 1.09 bits per heavy atom. The lowest BCUT2D eigenvalue weighted by Gasteiger charge is -2.16. The second-order valence-electron chi connectivity index (χ2n) is 7.41. The summed E-state index contributed by atoms with van der Waals surface area (Å²) in [5.74, 6) is 1.67. The Morgan fingerprint density at radius 2 is 1.75 bits per heavy atom. The molecule has 1 aliphatic rings. The molecule has 1 unspecified atom stereocenters. The van der Waals surface area contributed by atoms with Crippen LogP contribution in [-0.4, -0.2) is 35.9 Å². The van der Waals surface area contributed by atoms with Crippen molar-refractivity contribution in [3.63, 3.8) is 0 Å². The number of benzene rings is 2. The Bertz CT molecular complexity index is 1000. The molecule has 3 aromatic rings. The van der Waals surface area contributed by atoms with Crippen molar-refractivity contribution in [1.82, 2.24) is 9.88 Å². The number of aromatic nitrogens is 1. The van der Waals surface area contributed by atoms with E-state index in [-0.39, 0.29) is 11.9 Å². The Kier molecular flexibility index (Phi) is 8.40. The summed E-state index contributed by atoms with van der Waals surface area (Å²) in [4.78, 5) is 16.8. The van der Waals surface area contributed by atoms with Crippen LogP contribution in [0.3, 0.4) is 0 Å². The second kappa shape index (κ2) is 11.7. The van der Waals surface area contributed by atoms with E-state index in [2.05, 4.69) is 16.9 Å². The largest absolute Gasteiger partial charge is 0.457 e. The fourth-order valence-electron chi connectivity index (χ4n) is 3.50. The molecule has 0 spiro atoms. The van der Waals surface area contributed by atoms with E-state index in [1.807, 2.05) is 72.6 Å². The molecule has 32 heavy (non-hydrogen) atoms. The summed E-state index contributed by atoms with van der Waals surface area (Å²) in [6.07, 6.45) is 7.23. The molecule has 0 saturated carbocycles. The molecule has 1 fully saturated rings. The SMILES string of the molecule is C=CC(=O)N1CCCC1.CNc1ccncc1C(N)c1ccc(Oc2ccccc2)cc1. The first-order valence-corrected chi connectivity index (χ1v) is 10.7. The Balaban J connectivity index is 0.000000269. The third-order valence-electron chi connectivity index (χ3n) is 5.27. The van der Waals surface area contributed by atoms with Crippen LogP contribution in [0.2, 0.25) is 0 Å². The third-order valence-corrected chi connectivity index (χ3v) is 5.27. The molecule has 1 atom stereocenters. The van der Waals surface area contributed by atoms with Gasteiger partial charge in [0.1, 0.15) is 11.5 Å². The number of rotatable bonds is 6. The van der Waals surface area contributed by atoms with E-state index in [0.29, 0.717) is 0 Å². The fraction of sp³-hybridized carbons (Fsp3) is 0.231. The first-order valence-electron chi connectivity index (χ1n) is 10.7. The zero-order valence-corrected chi connectivity index (χ0v) is 18.4. The van der Waals surface area contributed by atoms with Crippen LogP contribution in [0.25, 0.3) is 0 Å². The van der Waals surface area contributed by atoms with Gasteiger partial charge in [-0.2, -0.15) is 0 Å². The van der Waals surface area contributed by atoms with Crippen molar-refractivity contribution in [2.75, 3.05) is 25.5 Å². The van der Waals surface area contributed by atoms with Crippen molar-refractivity contribution >= 4 is 11.6 Å². The predicted molar refractivity (Wildman–Crippen MR) is 129 cm³/mol. The smallest absolute Gasteiger partial charge is 0.245 e. The van der Waals surface area contributed by atoms with Gasteiger partial charge in [0.2, 0.25) is 5.91 Å². The molecule has 4 rings (SSSR count). The van der Waals surface area contributed by atoms with Crippen molar-refractivity contribution < 1.29 is 9.53 Å². The minimum absolute atomic E-state index is 0.0764. The quantitative estimate of drug-likeness (QED) is 0.551. The second-order valence-corrected chi connectivity index (χ2v) is 7.41. The Hall–Kier alpha value is -3.64. The van der Waals surface area contributed by atoms with Crippen molar-refractivity contribution in [1.29, 1.82) is 0 Å². The highest BCUT2D eigenvalue weighted by Gasteiger charge is 2.14. The van der Waals surface area contributed by atoms with E-state index in [1.165, 1.54) is 6.08 Å². The maximum atomic E-state index is 10.8. The van der Waals surface area contributed by atoms with E-state index in [9.17, 15) is 4.79 Å². The van der Waals surface area contributed by atoms with Gasteiger partial charge in [0, 0.05) is 43.8 Å². The number of anilines is 1. The molecule has 0 radical (unpaired) electrons. The van der Waals surface area contributed by atoms with Crippen LogP contribution in [-0.2, 0) is 4.79 Å². The molecule has 0 aliphatic carbocycles. The summed E-state index contributed by atoms with van der Waals surface area (Å²) in [5.41, 5.74) is 9.33. The van der Waals surface area contributed by atoms with Crippen LogP contribution >= 0.6 is 0 Å². The first-order chi connectivity index (χ1) is 15.6. The van der Waals surface area contributed by atoms with Gasteiger partial charge < -0.3 is 20.7 Å². The Labute approximate surface area is 189 Å². The number of likely N-dealkylation sites (tertiary alicyclic amines) is 1. The molecule has 6 heteroatoms. The van der Waals surface area contributed by atoms with E-state index in [4.69, 9.17) is 10.5 Å². The molecule has 1 saturated heterocycles. The minimum Gasteiger partial charge on any atom is -0.457 e. The lowest BCUT2D eigenvalue weighted by molar-refractivity contribution is -0.124. The van der Waals surface area contributed by atoms with Gasteiger partial charge in [0.05, 0.1) is 6.04 Å². The predicted octanol–water partition coefficient (Wildman–Crippen LogP) is 4.76. The zero-order valence-electron chi connectivity index (χ0n) is 18.4. The molecule has 1 aliphatic heterocycles. The van der Waals surface area contributed by atoms with Crippen molar-refractivity contribution in [3.05, 3.63) is 96.8 Å². The van der Waals surface area contributed by atoms with Gasteiger partial charge in [-0.1, -0.05) is 36.9 Å². The number of ether oxygens (including phenoxy) is 1. The normalized spacial score (nSPS) is 13.5. The molecule has 2 aromatic carbocycles. The monoisotopic (exact) mass is 430 g/mol. The average Bonchev–Trinajstić information content (AvgIpc) is 3.40. The number of hydrogen-bond acceptors (Lipinski definition) is 5. The number of nitrogens with one attached hydrogen (secondary N) is 1. The van der Waals surface area contributed by atoms with Gasteiger partial charge in [-0.05, 0) is 54.8 Å². The highest BCUT2D eigenvalue weighted by Crippen LogP contribution is 2.28. The summed E-state index contributed by atoms with van der Waals surface area (Å²) in [7, 11) is 1.88. The molecule has 166 valence electrons. The third kappa shape index (κ3) is 6.18. The summed E-state index contributed by atoms with van der Waals surface area (Å²) < 4.78 is 5.80. The highest BCUT2D eigenvalue weighted by molar-refractivity contribution is 5.87. The van der Waals surface area contributed by atoms with Crippen molar-refractivity contribution in [2.45, 2.75) is 18.9 Å². The van der Waals surface area contributed by atoms with Crippen LogP contribution in [0.4, 0.5) is 5.69 Å². The average molecular weight is 431 g/mol. The van der Waals surface area contributed by atoms with Crippen molar-refractivity contribution in [2.24, 2.45) is 5.73 Å². The van der Waals surface area contributed by atoms with E-state index >= 15 is 0 Å². The highest BCUT2D eigenvalue weighted by atomic mass is 16.5. The summed E-state index contributed by atoms with van der Waals surface area (Å²) in [6.45, 7) is 5.26. The number of pyridine rings is 1. The van der Waals surface area contributed by atoms with Gasteiger partial charge in [-0.3, -0.25) is 9.78 Å². The minimum atomic E-state index is -0.239. The molecule has 2 heterocycles.